The quantitative estimate of drug-likeness (QED) is 0.717. The van der Waals surface area contributed by atoms with E-state index in [0.29, 0.717) is 48.8 Å². The highest BCUT2D eigenvalue weighted by atomic mass is 16.7. The van der Waals surface area contributed by atoms with E-state index in [0.717, 1.165) is 25.9 Å². The zero-order valence-corrected chi connectivity index (χ0v) is 17.4. The van der Waals surface area contributed by atoms with Crippen LogP contribution in [0, 0.1) is 5.92 Å². The first-order chi connectivity index (χ1) is 14.5. The van der Waals surface area contributed by atoms with Crippen molar-refractivity contribution in [3.05, 3.63) is 17.7 Å². The summed E-state index contributed by atoms with van der Waals surface area (Å²) in [6, 6.07) is 3.27. The molecule has 0 saturated carbocycles. The molecule has 8 heteroatoms. The molecular formula is C22H29N3O5. The Balaban J connectivity index is 1.28. The largest absolute Gasteiger partial charge is 0.454 e. The van der Waals surface area contributed by atoms with Crippen LogP contribution in [0.2, 0.25) is 0 Å². The summed E-state index contributed by atoms with van der Waals surface area (Å²) in [5, 5.41) is 2.87. The minimum Gasteiger partial charge on any atom is -0.454 e. The number of carbonyl (C=O) groups is 3. The molecule has 8 nitrogen and oxygen atoms in total. The third-order valence-electron chi connectivity index (χ3n) is 6.16. The second kappa shape index (κ2) is 9.04. The maximum atomic E-state index is 12.6. The molecule has 3 heterocycles. The van der Waals surface area contributed by atoms with Crippen LogP contribution in [0.3, 0.4) is 0 Å². The predicted octanol–water partition coefficient (Wildman–Crippen LogP) is 2.28. The lowest BCUT2D eigenvalue weighted by Gasteiger charge is -2.32. The van der Waals surface area contributed by atoms with Gasteiger partial charge in [0.2, 0.25) is 18.6 Å². The normalized spacial score (nSPS) is 19.2. The molecule has 0 unspecified atom stereocenters. The van der Waals surface area contributed by atoms with E-state index in [1.54, 1.807) is 12.1 Å². The number of Topliss-reactive ketones (excluding diaryl/α,β-unsaturated/α-hetero) is 1. The monoisotopic (exact) mass is 415 g/mol. The molecule has 162 valence electrons. The highest BCUT2D eigenvalue weighted by molar-refractivity contribution is 6.04. The number of hydrogen-bond acceptors (Lipinski definition) is 6. The summed E-state index contributed by atoms with van der Waals surface area (Å²) in [5.74, 6) is 1.21. The molecule has 0 spiro atoms. The Labute approximate surface area is 176 Å². The average molecular weight is 415 g/mol. The molecule has 1 N–H and O–H groups in total. The molecule has 1 aromatic rings. The van der Waals surface area contributed by atoms with Gasteiger partial charge < -0.3 is 19.7 Å². The van der Waals surface area contributed by atoms with Crippen molar-refractivity contribution in [1.29, 1.82) is 0 Å². The van der Waals surface area contributed by atoms with Gasteiger partial charge in [-0.2, -0.15) is 0 Å². The molecule has 30 heavy (non-hydrogen) atoms. The fourth-order valence-electron chi connectivity index (χ4n) is 4.42. The van der Waals surface area contributed by atoms with Crippen LogP contribution >= 0.6 is 0 Å². The SMILES string of the molecule is CC(=O)c1cc2c(cc1NC(=O)CC1CCN(C(=O)CN3CCCC3)CC1)OCO2. The highest BCUT2D eigenvalue weighted by Crippen LogP contribution is 2.37. The summed E-state index contributed by atoms with van der Waals surface area (Å²) in [7, 11) is 0. The van der Waals surface area contributed by atoms with Crippen LogP contribution in [0.15, 0.2) is 12.1 Å². The molecule has 0 radical (unpaired) electrons. The second-order valence-corrected chi connectivity index (χ2v) is 8.37. The lowest BCUT2D eigenvalue weighted by Crippen LogP contribution is -2.44. The Hall–Kier alpha value is -2.61. The number of ketones is 1. The van der Waals surface area contributed by atoms with Crippen LogP contribution in [0.25, 0.3) is 0 Å². The smallest absolute Gasteiger partial charge is 0.236 e. The minimum atomic E-state index is -0.145. The summed E-state index contributed by atoms with van der Waals surface area (Å²) in [4.78, 5) is 41.2. The summed E-state index contributed by atoms with van der Waals surface area (Å²) in [6.07, 6.45) is 4.37. The predicted molar refractivity (Wildman–Crippen MR) is 111 cm³/mol. The van der Waals surface area contributed by atoms with E-state index in [1.165, 1.54) is 19.8 Å². The van der Waals surface area contributed by atoms with Crippen molar-refractivity contribution in [2.24, 2.45) is 5.92 Å². The molecule has 0 aromatic heterocycles. The van der Waals surface area contributed by atoms with E-state index < -0.39 is 0 Å². The van der Waals surface area contributed by atoms with Gasteiger partial charge in [0, 0.05) is 31.1 Å². The molecular weight excluding hydrogens is 386 g/mol. The number of nitrogens with one attached hydrogen (secondary N) is 1. The van der Waals surface area contributed by atoms with Crippen molar-refractivity contribution in [3.63, 3.8) is 0 Å². The van der Waals surface area contributed by atoms with Crippen molar-refractivity contribution >= 4 is 23.3 Å². The van der Waals surface area contributed by atoms with E-state index in [2.05, 4.69) is 10.2 Å². The lowest BCUT2D eigenvalue weighted by molar-refractivity contribution is -0.133. The zero-order chi connectivity index (χ0) is 21.1. The number of rotatable bonds is 6. The molecule has 4 rings (SSSR count). The maximum absolute atomic E-state index is 12.6. The molecule has 2 amide bonds. The molecule has 2 fully saturated rings. The van der Waals surface area contributed by atoms with Crippen LogP contribution in [0.5, 0.6) is 11.5 Å². The Kier molecular flexibility index (Phi) is 6.22. The summed E-state index contributed by atoms with van der Waals surface area (Å²) in [6.45, 7) is 5.53. The van der Waals surface area contributed by atoms with Crippen molar-refractivity contribution in [1.82, 2.24) is 9.80 Å². The molecule has 3 aliphatic rings. The van der Waals surface area contributed by atoms with E-state index in [-0.39, 0.29) is 30.3 Å². The third-order valence-corrected chi connectivity index (χ3v) is 6.16. The molecule has 0 aliphatic carbocycles. The van der Waals surface area contributed by atoms with Gasteiger partial charge in [-0.25, -0.2) is 0 Å². The van der Waals surface area contributed by atoms with Crippen LogP contribution in [0.1, 0.15) is 49.4 Å². The fraction of sp³-hybridized carbons (Fsp3) is 0.591. The van der Waals surface area contributed by atoms with Crippen molar-refractivity contribution in [2.45, 2.75) is 39.0 Å². The van der Waals surface area contributed by atoms with E-state index >= 15 is 0 Å². The topological polar surface area (TPSA) is 88.2 Å². The molecule has 2 saturated heterocycles. The Morgan fingerprint density at radius 2 is 1.70 bits per heavy atom. The van der Waals surface area contributed by atoms with Gasteiger partial charge in [-0.05, 0) is 57.7 Å². The van der Waals surface area contributed by atoms with Gasteiger partial charge in [-0.1, -0.05) is 0 Å². The number of benzene rings is 1. The molecule has 1 aromatic carbocycles. The first-order valence-electron chi connectivity index (χ1n) is 10.7. The standard InChI is InChI=1S/C22H29N3O5/c1-15(26)17-11-19-20(30-14-29-19)12-18(17)23-21(27)10-16-4-8-25(9-5-16)22(28)13-24-6-2-3-7-24/h11-12,16H,2-10,13-14H2,1H3,(H,23,27). The number of piperidine rings is 1. The fourth-order valence-corrected chi connectivity index (χ4v) is 4.42. The van der Waals surface area contributed by atoms with Crippen molar-refractivity contribution in [3.8, 4) is 11.5 Å². The number of amides is 2. The number of hydrogen-bond donors (Lipinski definition) is 1. The maximum Gasteiger partial charge on any atom is 0.236 e. The van der Waals surface area contributed by atoms with Gasteiger partial charge in [-0.15, -0.1) is 0 Å². The van der Waals surface area contributed by atoms with E-state index in [9.17, 15) is 14.4 Å². The van der Waals surface area contributed by atoms with Gasteiger partial charge in [0.25, 0.3) is 0 Å². The number of anilines is 1. The minimum absolute atomic E-state index is 0.110. The number of likely N-dealkylation sites (tertiary alicyclic amines) is 2. The van der Waals surface area contributed by atoms with Crippen LogP contribution in [0.4, 0.5) is 5.69 Å². The van der Waals surface area contributed by atoms with Gasteiger partial charge >= 0.3 is 0 Å². The second-order valence-electron chi connectivity index (χ2n) is 8.37. The molecule has 0 bridgehead atoms. The zero-order valence-electron chi connectivity index (χ0n) is 17.4. The Morgan fingerprint density at radius 3 is 2.37 bits per heavy atom. The number of fused-ring (bicyclic) bond motifs is 1. The summed E-state index contributed by atoms with van der Waals surface area (Å²) >= 11 is 0. The number of carbonyl (C=O) groups excluding carboxylic acids is 3. The molecule has 3 aliphatic heterocycles. The summed E-state index contributed by atoms with van der Waals surface area (Å²) < 4.78 is 10.7. The van der Waals surface area contributed by atoms with E-state index in [4.69, 9.17) is 9.47 Å². The van der Waals surface area contributed by atoms with Crippen LogP contribution in [-0.4, -0.2) is 66.9 Å². The third kappa shape index (κ3) is 4.75. The van der Waals surface area contributed by atoms with Gasteiger partial charge in [0.15, 0.2) is 17.3 Å². The van der Waals surface area contributed by atoms with Gasteiger partial charge in [-0.3, -0.25) is 19.3 Å². The lowest BCUT2D eigenvalue weighted by atomic mass is 9.93. The van der Waals surface area contributed by atoms with E-state index in [1.807, 2.05) is 4.90 Å². The first kappa shape index (κ1) is 20.7. The number of nitrogens with zero attached hydrogens (tertiary/aromatic N) is 2. The van der Waals surface area contributed by atoms with Crippen LogP contribution in [-0.2, 0) is 9.59 Å². The number of ether oxygens (including phenoxy) is 2. The first-order valence-corrected chi connectivity index (χ1v) is 10.7. The highest BCUT2D eigenvalue weighted by Gasteiger charge is 2.27. The van der Waals surface area contributed by atoms with Gasteiger partial charge in [0.1, 0.15) is 0 Å². The Bertz CT molecular complexity index is 826. The van der Waals surface area contributed by atoms with Crippen LogP contribution < -0.4 is 14.8 Å². The van der Waals surface area contributed by atoms with Crippen molar-refractivity contribution < 1.29 is 23.9 Å². The van der Waals surface area contributed by atoms with Gasteiger partial charge in [0.05, 0.1) is 12.2 Å². The average Bonchev–Trinajstić information content (AvgIpc) is 3.39. The molecule has 0 atom stereocenters. The summed E-state index contributed by atoms with van der Waals surface area (Å²) in [5.41, 5.74) is 0.866. The Morgan fingerprint density at radius 1 is 1.03 bits per heavy atom. The van der Waals surface area contributed by atoms with Crippen molar-refractivity contribution in [2.75, 3.05) is 44.8 Å².